The van der Waals surface area contributed by atoms with Crippen LogP contribution in [-0.4, -0.2) is 66.1 Å². The molecule has 0 saturated carbocycles. The summed E-state index contributed by atoms with van der Waals surface area (Å²) in [5.41, 5.74) is 5.01. The quantitative estimate of drug-likeness (QED) is 0.761. The lowest BCUT2D eigenvalue weighted by molar-refractivity contribution is -0.124. The summed E-state index contributed by atoms with van der Waals surface area (Å²) in [6.07, 6.45) is 4.69. The molecule has 0 aromatic rings. The predicted molar refractivity (Wildman–Crippen MR) is 86.1 cm³/mol. The van der Waals surface area contributed by atoms with Crippen LogP contribution < -0.4 is 11.1 Å². The number of likely N-dealkylation sites (N-methyl/N-ethyl adjacent to an activating group) is 1. The van der Waals surface area contributed by atoms with Gasteiger partial charge in [-0.25, -0.2) is 0 Å². The first-order chi connectivity index (χ1) is 9.82. The molecule has 2 fully saturated rings. The molecule has 2 aliphatic rings. The Balaban J connectivity index is 1.90. The second-order valence-electron chi connectivity index (χ2n) is 7.39. The number of fused-ring (bicyclic) bond motifs is 2. The minimum atomic E-state index is -0.606. The first-order valence-electron chi connectivity index (χ1n) is 8.34. The van der Waals surface area contributed by atoms with Crippen molar-refractivity contribution < 1.29 is 4.79 Å². The highest BCUT2D eigenvalue weighted by atomic mass is 16.1. The number of nitrogens with two attached hydrogens (primary N) is 1. The molecule has 2 heterocycles. The van der Waals surface area contributed by atoms with Crippen LogP contribution in [0.2, 0.25) is 0 Å². The molecule has 21 heavy (non-hydrogen) atoms. The van der Waals surface area contributed by atoms with Crippen molar-refractivity contribution in [3.63, 3.8) is 0 Å². The minimum absolute atomic E-state index is 0.246. The van der Waals surface area contributed by atoms with Gasteiger partial charge in [0.15, 0.2) is 0 Å². The summed E-state index contributed by atoms with van der Waals surface area (Å²) >= 11 is 0. The van der Waals surface area contributed by atoms with Gasteiger partial charge in [0.1, 0.15) is 0 Å². The molecule has 2 saturated heterocycles. The van der Waals surface area contributed by atoms with Crippen LogP contribution in [0.15, 0.2) is 0 Å². The lowest BCUT2D eigenvalue weighted by atomic mass is 9.95. The van der Waals surface area contributed by atoms with Crippen molar-refractivity contribution in [1.29, 1.82) is 0 Å². The number of nitrogens with zero attached hydrogens (tertiary/aromatic N) is 2. The number of likely N-dealkylation sites (tertiary alicyclic amines) is 1. The molecule has 3 N–H and O–H groups in total. The van der Waals surface area contributed by atoms with E-state index in [4.69, 9.17) is 5.73 Å². The molecule has 3 atom stereocenters. The maximum absolute atomic E-state index is 11.8. The van der Waals surface area contributed by atoms with Crippen molar-refractivity contribution >= 4 is 5.91 Å². The summed E-state index contributed by atoms with van der Waals surface area (Å²) in [5.74, 6) is -0.246. The summed E-state index contributed by atoms with van der Waals surface area (Å²) in [7, 11) is 2.26. The fourth-order valence-corrected chi connectivity index (χ4v) is 3.87. The van der Waals surface area contributed by atoms with Gasteiger partial charge in [0, 0.05) is 31.2 Å². The van der Waals surface area contributed by atoms with Crippen LogP contribution in [0, 0.1) is 0 Å². The molecule has 5 heteroatoms. The van der Waals surface area contributed by atoms with Gasteiger partial charge in [-0.3, -0.25) is 9.69 Å². The van der Waals surface area contributed by atoms with E-state index < -0.39 is 5.54 Å². The topological polar surface area (TPSA) is 61.6 Å². The van der Waals surface area contributed by atoms with E-state index in [-0.39, 0.29) is 11.9 Å². The van der Waals surface area contributed by atoms with Gasteiger partial charge in [-0.15, -0.1) is 0 Å². The monoisotopic (exact) mass is 296 g/mol. The van der Waals surface area contributed by atoms with E-state index in [2.05, 4.69) is 36.0 Å². The van der Waals surface area contributed by atoms with E-state index in [9.17, 15) is 4.79 Å². The Morgan fingerprint density at radius 1 is 1.33 bits per heavy atom. The van der Waals surface area contributed by atoms with E-state index in [1.165, 1.54) is 19.3 Å². The maximum Gasteiger partial charge on any atom is 0.237 e. The number of rotatable bonds is 6. The highest BCUT2D eigenvalue weighted by Gasteiger charge is 2.36. The van der Waals surface area contributed by atoms with Crippen LogP contribution in [0.25, 0.3) is 0 Å². The molecule has 2 rings (SSSR count). The lowest BCUT2D eigenvalue weighted by Crippen LogP contribution is -2.57. The average Bonchev–Trinajstić information content (AvgIpc) is 2.61. The number of hydrogen-bond acceptors (Lipinski definition) is 4. The number of hydrogen-bond donors (Lipinski definition) is 2. The van der Waals surface area contributed by atoms with Crippen LogP contribution in [0.4, 0.5) is 0 Å². The minimum Gasteiger partial charge on any atom is -0.368 e. The molecule has 2 aliphatic heterocycles. The molecule has 1 amide bonds. The SMILES string of the molecule is CC(C)NC(C)(CCN1CCC2CCC(C1)N2C)C(N)=O. The van der Waals surface area contributed by atoms with E-state index in [0.29, 0.717) is 6.04 Å². The molecule has 0 radical (unpaired) electrons. The van der Waals surface area contributed by atoms with E-state index >= 15 is 0 Å². The molecule has 5 nitrogen and oxygen atoms in total. The summed E-state index contributed by atoms with van der Waals surface area (Å²) in [6.45, 7) is 9.26. The average molecular weight is 296 g/mol. The molecule has 2 bridgehead atoms. The van der Waals surface area contributed by atoms with Gasteiger partial charge in [0.25, 0.3) is 0 Å². The zero-order valence-electron chi connectivity index (χ0n) is 14.1. The summed E-state index contributed by atoms with van der Waals surface area (Å²) in [6, 6.07) is 1.71. The molecule has 0 spiro atoms. The van der Waals surface area contributed by atoms with Crippen molar-refractivity contribution in [3.8, 4) is 0 Å². The first-order valence-corrected chi connectivity index (χ1v) is 8.34. The van der Waals surface area contributed by atoms with Crippen LogP contribution in [0.3, 0.4) is 0 Å². The number of carbonyl (C=O) groups excluding carboxylic acids is 1. The van der Waals surface area contributed by atoms with Gasteiger partial charge in [-0.1, -0.05) is 0 Å². The predicted octanol–water partition coefficient (Wildman–Crippen LogP) is 0.787. The van der Waals surface area contributed by atoms with Crippen LogP contribution >= 0.6 is 0 Å². The highest BCUT2D eigenvalue weighted by molar-refractivity contribution is 5.84. The molecule has 0 aromatic heterocycles. The van der Waals surface area contributed by atoms with Gasteiger partial charge >= 0.3 is 0 Å². The second kappa shape index (κ2) is 6.63. The van der Waals surface area contributed by atoms with Crippen molar-refractivity contribution in [2.75, 3.05) is 26.7 Å². The highest BCUT2D eigenvalue weighted by Crippen LogP contribution is 2.28. The smallest absolute Gasteiger partial charge is 0.237 e. The summed E-state index contributed by atoms with van der Waals surface area (Å²) in [5, 5.41) is 3.34. The summed E-state index contributed by atoms with van der Waals surface area (Å²) < 4.78 is 0. The van der Waals surface area contributed by atoms with Gasteiger partial charge in [-0.2, -0.15) is 0 Å². The van der Waals surface area contributed by atoms with Gasteiger partial charge in [-0.05, 0) is 60.0 Å². The molecular weight excluding hydrogens is 264 g/mol. The Kier molecular flexibility index (Phi) is 5.28. The third-order valence-corrected chi connectivity index (χ3v) is 5.31. The van der Waals surface area contributed by atoms with Crippen molar-refractivity contribution in [2.45, 2.75) is 70.1 Å². The van der Waals surface area contributed by atoms with Crippen molar-refractivity contribution in [3.05, 3.63) is 0 Å². The lowest BCUT2D eigenvalue weighted by Gasteiger charge is -2.33. The Morgan fingerprint density at radius 3 is 2.62 bits per heavy atom. The van der Waals surface area contributed by atoms with Crippen LogP contribution in [-0.2, 0) is 4.79 Å². The Bertz CT molecular complexity index is 373. The van der Waals surface area contributed by atoms with Crippen LogP contribution in [0.5, 0.6) is 0 Å². The molecule has 3 unspecified atom stereocenters. The standard InChI is InChI=1S/C16H32N4O/c1-12(2)18-16(3,15(17)21)8-10-20-9-7-13-5-6-14(11-20)19(13)4/h12-14,18H,5-11H2,1-4H3,(H2,17,21). The van der Waals surface area contributed by atoms with E-state index in [0.717, 1.165) is 32.1 Å². The van der Waals surface area contributed by atoms with Crippen molar-refractivity contribution in [1.82, 2.24) is 15.1 Å². The number of primary amides is 1. The first kappa shape index (κ1) is 16.7. The maximum atomic E-state index is 11.8. The molecule has 122 valence electrons. The molecule has 0 aromatic carbocycles. The fourth-order valence-electron chi connectivity index (χ4n) is 3.87. The zero-order valence-corrected chi connectivity index (χ0v) is 14.1. The fraction of sp³-hybridized carbons (Fsp3) is 0.938. The summed E-state index contributed by atoms with van der Waals surface area (Å²) in [4.78, 5) is 16.9. The van der Waals surface area contributed by atoms with Crippen LogP contribution in [0.1, 0.15) is 46.5 Å². The van der Waals surface area contributed by atoms with E-state index in [1.54, 1.807) is 0 Å². The number of amides is 1. The normalized spacial score (nSPS) is 30.3. The molecule has 0 aliphatic carbocycles. The largest absolute Gasteiger partial charge is 0.368 e. The second-order valence-corrected chi connectivity index (χ2v) is 7.39. The zero-order chi connectivity index (χ0) is 15.6. The van der Waals surface area contributed by atoms with Gasteiger partial charge in [0.2, 0.25) is 5.91 Å². The molecular formula is C16H32N4O. The van der Waals surface area contributed by atoms with E-state index in [1.807, 2.05) is 6.92 Å². The third-order valence-electron chi connectivity index (χ3n) is 5.31. The number of carbonyl (C=O) groups is 1. The van der Waals surface area contributed by atoms with Gasteiger partial charge < -0.3 is 16.0 Å². The number of nitrogens with one attached hydrogen (secondary N) is 1. The van der Waals surface area contributed by atoms with Gasteiger partial charge in [0.05, 0.1) is 5.54 Å². The Morgan fingerprint density at radius 2 is 2.00 bits per heavy atom. The third kappa shape index (κ3) is 3.96. The Labute approximate surface area is 129 Å². The van der Waals surface area contributed by atoms with Crippen molar-refractivity contribution in [2.24, 2.45) is 5.73 Å². The Hall–Kier alpha value is -0.650.